The van der Waals surface area contributed by atoms with E-state index in [1.807, 2.05) is 21.1 Å². The topological polar surface area (TPSA) is 102 Å². The molecule has 0 amide bonds. The second-order valence-corrected chi connectivity index (χ2v) is 12.3. The quantitative estimate of drug-likeness (QED) is 0.0572. The van der Waals surface area contributed by atoms with Crippen molar-refractivity contribution in [2.75, 3.05) is 47.5 Å². The lowest BCUT2D eigenvalue weighted by Gasteiger charge is -2.27. The molecule has 0 aliphatic rings. The van der Waals surface area contributed by atoms with Gasteiger partial charge in [0.05, 0.1) is 27.7 Å². The number of hydrogen-bond acceptors (Lipinski definition) is 6. The molecular weight excluding hydrogens is 493 g/mol. The molecule has 3 atom stereocenters. The predicted octanol–water partition coefficient (Wildman–Crippen LogP) is 6.20. The highest BCUT2D eigenvalue weighted by atomic mass is 31.2. The van der Waals surface area contributed by atoms with Gasteiger partial charge in [0, 0.05) is 6.61 Å². The number of nitrogens with zero attached hydrogens (tertiary/aromatic N) is 1. The zero-order valence-corrected chi connectivity index (χ0v) is 25.3. The SMILES string of the molecule is C/C=C/C(=O)C(OCCCCCCCCCCCCCCCC)C(CO)OP(=O)(O)OCC[N+](C)(C)C. The average molecular weight is 551 g/mol. The summed E-state index contributed by atoms with van der Waals surface area (Å²) >= 11 is 0. The van der Waals surface area contributed by atoms with Crippen LogP contribution in [0.5, 0.6) is 0 Å². The van der Waals surface area contributed by atoms with Crippen LogP contribution in [0.25, 0.3) is 0 Å². The Balaban J connectivity index is 4.28. The molecule has 9 heteroatoms. The van der Waals surface area contributed by atoms with E-state index in [2.05, 4.69) is 6.92 Å². The van der Waals surface area contributed by atoms with Gasteiger partial charge < -0.3 is 19.2 Å². The lowest BCUT2D eigenvalue weighted by Crippen LogP contribution is -2.40. The fourth-order valence-electron chi connectivity index (χ4n) is 3.95. The molecule has 0 aromatic carbocycles. The second-order valence-electron chi connectivity index (χ2n) is 10.9. The van der Waals surface area contributed by atoms with Gasteiger partial charge in [0.2, 0.25) is 0 Å². The van der Waals surface area contributed by atoms with Crippen molar-refractivity contribution >= 4 is 13.6 Å². The van der Waals surface area contributed by atoms with Crippen LogP contribution in [0, 0.1) is 0 Å². The van der Waals surface area contributed by atoms with Crippen molar-refractivity contribution in [1.29, 1.82) is 0 Å². The largest absolute Gasteiger partial charge is 0.472 e. The maximum absolute atomic E-state index is 12.5. The van der Waals surface area contributed by atoms with Crippen LogP contribution >= 0.6 is 7.82 Å². The molecule has 0 aromatic heterocycles. The van der Waals surface area contributed by atoms with Gasteiger partial charge in [-0.25, -0.2) is 4.57 Å². The van der Waals surface area contributed by atoms with Crippen LogP contribution in [0.3, 0.4) is 0 Å². The van der Waals surface area contributed by atoms with Crippen LogP contribution in [-0.2, 0) is 23.1 Å². The minimum atomic E-state index is -4.46. The van der Waals surface area contributed by atoms with Crippen molar-refractivity contribution in [1.82, 2.24) is 0 Å². The highest BCUT2D eigenvalue weighted by molar-refractivity contribution is 7.47. The predicted molar refractivity (Wildman–Crippen MR) is 151 cm³/mol. The molecule has 0 saturated heterocycles. The van der Waals surface area contributed by atoms with Crippen LogP contribution in [-0.4, -0.2) is 80.0 Å². The minimum absolute atomic E-state index is 0.00278. The molecule has 0 spiro atoms. The summed E-state index contributed by atoms with van der Waals surface area (Å²) in [6.07, 6.45) is 17.8. The van der Waals surface area contributed by atoms with Crippen molar-refractivity contribution in [2.24, 2.45) is 0 Å². The summed E-state index contributed by atoms with van der Waals surface area (Å²) in [5, 5.41) is 9.78. The van der Waals surface area contributed by atoms with Gasteiger partial charge in [-0.1, -0.05) is 96.5 Å². The summed E-state index contributed by atoms with van der Waals surface area (Å²) in [5.41, 5.74) is 0. The number of carbonyl (C=O) groups excluding carboxylic acids is 1. The van der Waals surface area contributed by atoms with Gasteiger partial charge in [-0.05, 0) is 19.4 Å². The summed E-state index contributed by atoms with van der Waals surface area (Å²) in [7, 11) is 1.33. The number of unbranched alkanes of at least 4 members (excludes halogenated alkanes) is 13. The van der Waals surface area contributed by atoms with Gasteiger partial charge in [0.1, 0.15) is 25.4 Å². The Kier molecular flexibility index (Phi) is 21.9. The smallest absolute Gasteiger partial charge is 0.394 e. The average Bonchev–Trinajstić information content (AvgIpc) is 2.81. The van der Waals surface area contributed by atoms with Crippen LogP contribution in [0.2, 0.25) is 0 Å². The molecule has 0 bridgehead atoms. The highest BCUT2D eigenvalue weighted by Gasteiger charge is 2.35. The molecule has 37 heavy (non-hydrogen) atoms. The van der Waals surface area contributed by atoms with Crippen LogP contribution < -0.4 is 0 Å². The van der Waals surface area contributed by atoms with Gasteiger partial charge in [0.25, 0.3) is 0 Å². The first kappa shape index (κ1) is 36.4. The molecule has 0 rings (SSSR count). The molecule has 0 aromatic rings. The number of aliphatic hydroxyl groups excluding tert-OH is 1. The number of rotatable bonds is 26. The van der Waals surface area contributed by atoms with E-state index in [9.17, 15) is 19.4 Å². The fourth-order valence-corrected chi connectivity index (χ4v) is 4.85. The number of hydrogen-bond donors (Lipinski definition) is 2. The third kappa shape index (κ3) is 22.0. The van der Waals surface area contributed by atoms with Gasteiger partial charge in [0.15, 0.2) is 5.78 Å². The number of phosphoric ester groups is 1. The number of quaternary nitrogens is 1. The Morgan fingerprint density at radius 1 is 0.865 bits per heavy atom. The molecule has 8 nitrogen and oxygen atoms in total. The molecule has 0 radical (unpaired) electrons. The maximum Gasteiger partial charge on any atom is 0.472 e. The van der Waals surface area contributed by atoms with Crippen LogP contribution in [0.1, 0.15) is 104 Å². The molecule has 2 N–H and O–H groups in total. The van der Waals surface area contributed by atoms with Gasteiger partial charge in [-0.15, -0.1) is 0 Å². The Labute approximate surface area is 227 Å². The van der Waals surface area contributed by atoms with Crippen LogP contribution in [0.4, 0.5) is 0 Å². The number of phosphoric acid groups is 1. The second kappa shape index (κ2) is 22.2. The standard InChI is InChI=1S/C28H56NO7P/c1-6-8-9-10-11-12-13-14-15-16-17-18-19-20-23-34-28(26(31)21-7-2)27(25-30)36-37(32,33)35-24-22-29(3,4)5/h7,21,27-28,30H,6,8-20,22-25H2,1-5H3/p+1/b21-7+. The molecule has 0 aliphatic heterocycles. The lowest BCUT2D eigenvalue weighted by atomic mass is 10.0. The monoisotopic (exact) mass is 550 g/mol. The van der Waals surface area contributed by atoms with Gasteiger partial charge >= 0.3 is 7.82 Å². The number of aliphatic hydroxyl groups is 1. The van der Waals surface area contributed by atoms with Crippen molar-refractivity contribution in [3.8, 4) is 0 Å². The normalized spacial score (nSPS) is 15.6. The molecule has 0 saturated carbocycles. The molecule has 0 aliphatic carbocycles. The summed E-state index contributed by atoms with van der Waals surface area (Å²) in [4.78, 5) is 22.6. The Bertz CT molecular complexity index is 637. The van der Waals surface area contributed by atoms with E-state index >= 15 is 0 Å². The Hall–Kier alpha value is -0.600. The number of ether oxygens (including phenoxy) is 1. The van der Waals surface area contributed by atoms with Gasteiger partial charge in [-0.3, -0.25) is 13.8 Å². The number of allylic oxidation sites excluding steroid dienone is 1. The zero-order chi connectivity index (χ0) is 28.0. The van der Waals surface area contributed by atoms with E-state index in [0.717, 1.165) is 19.3 Å². The summed E-state index contributed by atoms with van der Waals surface area (Å²) in [6.45, 7) is 4.11. The molecule has 0 fully saturated rings. The summed E-state index contributed by atoms with van der Waals surface area (Å²) in [5.74, 6) is -0.418. The van der Waals surface area contributed by atoms with E-state index in [4.69, 9.17) is 13.8 Å². The highest BCUT2D eigenvalue weighted by Crippen LogP contribution is 2.45. The maximum atomic E-state index is 12.5. The van der Waals surface area contributed by atoms with Crippen molar-refractivity contribution in [2.45, 2.75) is 116 Å². The molecule has 220 valence electrons. The zero-order valence-electron chi connectivity index (χ0n) is 24.4. The lowest BCUT2D eigenvalue weighted by molar-refractivity contribution is -0.870. The Morgan fingerprint density at radius 3 is 1.78 bits per heavy atom. The van der Waals surface area contributed by atoms with Crippen molar-refractivity contribution in [3.63, 3.8) is 0 Å². The van der Waals surface area contributed by atoms with E-state index in [1.165, 1.54) is 76.7 Å². The molecule has 0 heterocycles. The summed E-state index contributed by atoms with van der Waals surface area (Å²) in [6, 6.07) is 0. The third-order valence-electron chi connectivity index (χ3n) is 6.21. The first-order valence-corrected chi connectivity index (χ1v) is 15.9. The number of carbonyl (C=O) groups is 1. The summed E-state index contributed by atoms with van der Waals surface area (Å²) < 4.78 is 28.9. The van der Waals surface area contributed by atoms with E-state index < -0.39 is 32.4 Å². The van der Waals surface area contributed by atoms with Gasteiger partial charge in [-0.2, -0.15) is 0 Å². The molecular formula is C28H57NO7P+. The number of ketones is 1. The van der Waals surface area contributed by atoms with Crippen molar-refractivity contribution < 1.29 is 37.6 Å². The first-order chi connectivity index (χ1) is 17.6. The van der Waals surface area contributed by atoms with Crippen molar-refractivity contribution in [3.05, 3.63) is 12.2 Å². The molecule has 3 unspecified atom stereocenters. The fraction of sp³-hybridized carbons (Fsp3) is 0.893. The Morgan fingerprint density at radius 2 is 1.35 bits per heavy atom. The minimum Gasteiger partial charge on any atom is -0.394 e. The first-order valence-electron chi connectivity index (χ1n) is 14.4. The van der Waals surface area contributed by atoms with E-state index in [-0.39, 0.29) is 6.61 Å². The van der Waals surface area contributed by atoms with E-state index in [0.29, 0.717) is 17.6 Å². The number of likely N-dealkylation sites (N-methyl/N-ethyl adjacent to an activating group) is 1. The third-order valence-corrected chi connectivity index (χ3v) is 7.26. The van der Waals surface area contributed by atoms with E-state index in [1.54, 1.807) is 13.0 Å². The van der Waals surface area contributed by atoms with Crippen LogP contribution in [0.15, 0.2) is 12.2 Å².